The number of hydrogen-bond acceptors (Lipinski definition) is 12. The molecule has 0 saturated carbocycles. The molecule has 0 aliphatic rings. The fraction of sp³-hybridized carbons (Fsp3) is 0.808. The highest BCUT2D eigenvalue weighted by molar-refractivity contribution is 5.81. The van der Waals surface area contributed by atoms with Crippen LogP contribution in [-0.2, 0) is 56.9 Å². The van der Waals surface area contributed by atoms with E-state index < -0.39 is 5.97 Å². The van der Waals surface area contributed by atoms with E-state index in [0.717, 1.165) is 6.08 Å². The Bertz CT molecular complexity index is 541. The maximum atomic E-state index is 10.8. The Morgan fingerprint density at radius 1 is 0.474 bits per heavy atom. The average molecular weight is 551 g/mol. The second-order valence-corrected chi connectivity index (χ2v) is 7.14. The fourth-order valence-corrected chi connectivity index (χ4v) is 2.37. The molecule has 0 N–H and O–H groups in total. The van der Waals surface area contributed by atoms with Crippen LogP contribution in [0.15, 0.2) is 12.7 Å². The second-order valence-electron chi connectivity index (χ2n) is 7.14. The molecule has 0 saturated heterocycles. The minimum Gasteiger partial charge on any atom is -0.460 e. The number of carbonyl (C=O) groups excluding carboxylic acids is 1. The van der Waals surface area contributed by atoms with Crippen LogP contribution in [0.2, 0.25) is 0 Å². The number of hydrogen-bond donors (Lipinski definition) is 0. The van der Waals surface area contributed by atoms with Crippen molar-refractivity contribution in [2.24, 2.45) is 0 Å². The lowest BCUT2D eigenvalue weighted by Gasteiger charge is -2.09. The predicted octanol–water partition coefficient (Wildman–Crippen LogP) is 0.515. The Balaban J connectivity index is 3.04. The van der Waals surface area contributed by atoms with Gasteiger partial charge in [0.2, 0.25) is 0 Å². The molecule has 0 bridgehead atoms. The first-order chi connectivity index (χ1) is 18.8. The normalized spacial score (nSPS) is 10.9. The molecular formula is C26H46O12. The van der Waals surface area contributed by atoms with Crippen LogP contribution >= 0.6 is 0 Å². The first kappa shape index (κ1) is 36.4. The summed E-state index contributed by atoms with van der Waals surface area (Å²) >= 11 is 0. The van der Waals surface area contributed by atoms with Crippen LogP contribution in [0.1, 0.15) is 0 Å². The van der Waals surface area contributed by atoms with Crippen molar-refractivity contribution in [3.8, 4) is 12.3 Å². The van der Waals surface area contributed by atoms with Crippen molar-refractivity contribution in [3.63, 3.8) is 0 Å². The van der Waals surface area contributed by atoms with Gasteiger partial charge in [0.25, 0.3) is 0 Å². The third kappa shape index (κ3) is 32.4. The van der Waals surface area contributed by atoms with Crippen LogP contribution in [-0.4, -0.2) is 145 Å². The van der Waals surface area contributed by atoms with Gasteiger partial charge in [0.15, 0.2) is 0 Å². The zero-order valence-electron chi connectivity index (χ0n) is 22.6. The lowest BCUT2D eigenvalue weighted by Crippen LogP contribution is -2.15. The maximum Gasteiger partial charge on any atom is 0.330 e. The Morgan fingerprint density at radius 2 is 0.711 bits per heavy atom. The molecule has 0 aliphatic heterocycles. The zero-order chi connectivity index (χ0) is 27.6. The highest BCUT2D eigenvalue weighted by Crippen LogP contribution is 1.87. The van der Waals surface area contributed by atoms with Crippen molar-refractivity contribution < 1.29 is 56.9 Å². The second kappa shape index (κ2) is 33.4. The molecule has 0 fully saturated rings. The maximum absolute atomic E-state index is 10.8. The molecule has 0 atom stereocenters. The molecule has 0 aliphatic carbocycles. The van der Waals surface area contributed by atoms with E-state index in [0.29, 0.717) is 132 Å². The summed E-state index contributed by atoms with van der Waals surface area (Å²) in [6.45, 7) is 12.9. The van der Waals surface area contributed by atoms with Crippen molar-refractivity contribution in [3.05, 3.63) is 12.7 Å². The van der Waals surface area contributed by atoms with E-state index >= 15 is 0 Å². The summed E-state index contributed by atoms with van der Waals surface area (Å²) in [5.74, 6) is 1.93. The Hall–Kier alpha value is -1.63. The van der Waals surface area contributed by atoms with Crippen molar-refractivity contribution in [1.29, 1.82) is 0 Å². The van der Waals surface area contributed by atoms with Crippen LogP contribution in [0.25, 0.3) is 0 Å². The van der Waals surface area contributed by atoms with Crippen LogP contribution < -0.4 is 0 Å². The summed E-state index contributed by atoms with van der Waals surface area (Å²) in [5.41, 5.74) is 0. The van der Waals surface area contributed by atoms with Gasteiger partial charge in [0.1, 0.15) is 13.2 Å². The van der Waals surface area contributed by atoms with Crippen molar-refractivity contribution in [2.75, 3.05) is 139 Å². The van der Waals surface area contributed by atoms with Gasteiger partial charge in [-0.2, -0.15) is 0 Å². The molecule has 38 heavy (non-hydrogen) atoms. The molecule has 0 aromatic carbocycles. The third-order valence-corrected chi connectivity index (χ3v) is 4.17. The van der Waals surface area contributed by atoms with Gasteiger partial charge < -0.3 is 52.1 Å². The predicted molar refractivity (Wildman–Crippen MR) is 138 cm³/mol. The molecule has 0 radical (unpaired) electrons. The standard InChI is InChI=1S/C26H46O12/c1-3-5-28-6-7-29-8-9-30-10-11-31-12-13-32-14-15-33-16-17-34-18-19-35-20-21-36-22-23-37-24-25-38-26(27)4-2/h1,4H,2,5-25H2. The molecule has 222 valence electrons. The molecular weight excluding hydrogens is 504 g/mol. The van der Waals surface area contributed by atoms with E-state index in [-0.39, 0.29) is 6.61 Å². The van der Waals surface area contributed by atoms with E-state index in [4.69, 9.17) is 58.5 Å². The lowest BCUT2D eigenvalue weighted by molar-refractivity contribution is -0.139. The largest absolute Gasteiger partial charge is 0.460 e. The van der Waals surface area contributed by atoms with Crippen LogP contribution in [0, 0.1) is 12.3 Å². The first-order valence-electron chi connectivity index (χ1n) is 12.8. The quantitative estimate of drug-likeness (QED) is 0.0503. The smallest absolute Gasteiger partial charge is 0.330 e. The Morgan fingerprint density at radius 3 is 0.947 bits per heavy atom. The molecule has 0 aromatic rings. The van der Waals surface area contributed by atoms with Crippen molar-refractivity contribution in [1.82, 2.24) is 0 Å². The Kier molecular flexibility index (Phi) is 32.0. The molecule has 0 spiro atoms. The van der Waals surface area contributed by atoms with E-state index in [9.17, 15) is 4.79 Å². The van der Waals surface area contributed by atoms with Crippen molar-refractivity contribution in [2.45, 2.75) is 0 Å². The highest BCUT2D eigenvalue weighted by atomic mass is 16.6. The van der Waals surface area contributed by atoms with E-state index in [1.54, 1.807) is 0 Å². The van der Waals surface area contributed by atoms with Gasteiger partial charge in [-0.05, 0) is 0 Å². The van der Waals surface area contributed by atoms with Gasteiger partial charge in [-0.3, -0.25) is 0 Å². The SMILES string of the molecule is C#CCOCCOCCOCCOCCOCCOCCOCCOCCOCCOCCOC(=O)C=C. The summed E-state index contributed by atoms with van der Waals surface area (Å²) in [6, 6.07) is 0. The molecule has 0 heterocycles. The van der Waals surface area contributed by atoms with Gasteiger partial charge in [-0.15, -0.1) is 6.42 Å². The van der Waals surface area contributed by atoms with Gasteiger partial charge in [0.05, 0.1) is 126 Å². The van der Waals surface area contributed by atoms with Gasteiger partial charge in [-0.25, -0.2) is 4.79 Å². The summed E-state index contributed by atoms with van der Waals surface area (Å²) in [7, 11) is 0. The van der Waals surface area contributed by atoms with E-state index in [1.807, 2.05) is 0 Å². The summed E-state index contributed by atoms with van der Waals surface area (Å²) in [5, 5.41) is 0. The summed E-state index contributed by atoms with van der Waals surface area (Å²) in [6.07, 6.45) is 6.18. The van der Waals surface area contributed by atoms with Gasteiger partial charge in [0, 0.05) is 6.08 Å². The number of terminal acetylenes is 1. The highest BCUT2D eigenvalue weighted by Gasteiger charge is 1.97. The summed E-state index contributed by atoms with van der Waals surface area (Å²) < 4.78 is 58.3. The molecule has 12 heteroatoms. The minimum atomic E-state index is -0.459. The number of carbonyl (C=O) groups is 1. The number of ether oxygens (including phenoxy) is 11. The van der Waals surface area contributed by atoms with Gasteiger partial charge in [-0.1, -0.05) is 12.5 Å². The van der Waals surface area contributed by atoms with Crippen LogP contribution in [0.3, 0.4) is 0 Å². The minimum absolute atomic E-state index is 0.199. The molecule has 0 amide bonds. The van der Waals surface area contributed by atoms with Crippen molar-refractivity contribution >= 4 is 5.97 Å². The topological polar surface area (TPSA) is 119 Å². The molecule has 12 nitrogen and oxygen atoms in total. The fourth-order valence-electron chi connectivity index (χ4n) is 2.37. The zero-order valence-corrected chi connectivity index (χ0v) is 22.6. The van der Waals surface area contributed by atoms with E-state index in [2.05, 4.69) is 12.5 Å². The number of esters is 1. The first-order valence-corrected chi connectivity index (χ1v) is 12.8. The van der Waals surface area contributed by atoms with Crippen LogP contribution in [0.4, 0.5) is 0 Å². The van der Waals surface area contributed by atoms with Crippen LogP contribution in [0.5, 0.6) is 0 Å². The Labute approximate surface area is 227 Å². The summed E-state index contributed by atoms with van der Waals surface area (Å²) in [4.78, 5) is 10.8. The van der Waals surface area contributed by atoms with E-state index in [1.165, 1.54) is 0 Å². The monoisotopic (exact) mass is 550 g/mol. The number of rotatable bonds is 32. The molecule has 0 aromatic heterocycles. The molecule has 0 unspecified atom stereocenters. The van der Waals surface area contributed by atoms with Gasteiger partial charge >= 0.3 is 5.97 Å². The lowest BCUT2D eigenvalue weighted by atomic mass is 10.6. The average Bonchev–Trinajstić information content (AvgIpc) is 2.93. The molecule has 0 rings (SSSR count). The third-order valence-electron chi connectivity index (χ3n) is 4.17.